The van der Waals surface area contributed by atoms with Crippen molar-refractivity contribution in [2.24, 2.45) is 0 Å². The van der Waals surface area contributed by atoms with Gasteiger partial charge in [0, 0.05) is 41.5 Å². The molecule has 0 spiro atoms. The summed E-state index contributed by atoms with van der Waals surface area (Å²) in [5.74, 6) is -0.425. The maximum atomic E-state index is 12.6. The number of non-ortho nitro benzene ring substituents is 1. The lowest BCUT2D eigenvalue weighted by molar-refractivity contribution is -0.384. The molecular weight excluding hydrogens is 346 g/mol. The van der Waals surface area contributed by atoms with Crippen LogP contribution in [-0.4, -0.2) is 33.6 Å². The number of nitrogens with zero attached hydrogens (tertiary/aromatic N) is 3. The molecule has 2 aromatic carbocycles. The van der Waals surface area contributed by atoms with Crippen molar-refractivity contribution in [2.45, 2.75) is 26.8 Å². The van der Waals surface area contributed by atoms with Gasteiger partial charge in [0.05, 0.1) is 10.4 Å². The Kier molecular flexibility index (Phi) is 5.07. The second-order valence-electron chi connectivity index (χ2n) is 6.44. The molecule has 1 amide bonds. The summed E-state index contributed by atoms with van der Waals surface area (Å²) in [5.41, 5.74) is 2.30. The average molecular weight is 367 g/mol. The summed E-state index contributed by atoms with van der Waals surface area (Å²) in [4.78, 5) is 25.3. The van der Waals surface area contributed by atoms with Gasteiger partial charge >= 0.3 is 0 Å². The van der Waals surface area contributed by atoms with Gasteiger partial charge in [-0.1, -0.05) is 0 Å². The Bertz CT molecular complexity index is 979. The first-order chi connectivity index (χ1) is 12.9. The number of benzene rings is 2. The van der Waals surface area contributed by atoms with Crippen LogP contribution in [0.5, 0.6) is 0 Å². The molecule has 0 bridgehead atoms. The summed E-state index contributed by atoms with van der Waals surface area (Å²) in [6.07, 6.45) is 0. The third kappa shape index (κ3) is 3.74. The molecule has 27 heavy (non-hydrogen) atoms. The van der Waals surface area contributed by atoms with E-state index in [1.165, 1.54) is 18.2 Å². The maximum Gasteiger partial charge on any atom is 0.276 e. The maximum absolute atomic E-state index is 12.6. The molecule has 0 aliphatic rings. The molecule has 0 saturated heterocycles. The highest BCUT2D eigenvalue weighted by molar-refractivity contribution is 6.11. The number of fused-ring (bicyclic) bond motifs is 1. The van der Waals surface area contributed by atoms with Gasteiger partial charge in [0.15, 0.2) is 5.69 Å². The average Bonchev–Trinajstić information content (AvgIpc) is 3.06. The molecule has 8 nitrogen and oxygen atoms in total. The second kappa shape index (κ2) is 7.45. The van der Waals surface area contributed by atoms with Crippen LogP contribution in [0.25, 0.3) is 10.9 Å². The molecule has 0 saturated carbocycles. The van der Waals surface area contributed by atoms with E-state index in [2.05, 4.69) is 41.2 Å². The first kappa shape index (κ1) is 18.4. The van der Waals surface area contributed by atoms with Crippen molar-refractivity contribution < 1.29 is 9.72 Å². The van der Waals surface area contributed by atoms with Gasteiger partial charge in [0.2, 0.25) is 0 Å². The molecule has 0 aliphatic carbocycles. The highest BCUT2D eigenvalue weighted by Gasteiger charge is 2.17. The molecule has 3 aromatic rings. The largest absolute Gasteiger partial charge is 0.369 e. The molecule has 0 radical (unpaired) electrons. The van der Waals surface area contributed by atoms with E-state index >= 15 is 0 Å². The van der Waals surface area contributed by atoms with E-state index in [0.29, 0.717) is 22.6 Å². The van der Waals surface area contributed by atoms with Crippen molar-refractivity contribution in [3.8, 4) is 0 Å². The lowest BCUT2D eigenvalue weighted by atomic mass is 10.1. The number of nitrogens with one attached hydrogen (secondary N) is 2. The van der Waals surface area contributed by atoms with E-state index in [1.54, 1.807) is 0 Å². The molecule has 0 aliphatic heterocycles. The normalized spacial score (nSPS) is 11.0. The number of H-pyrrole nitrogens is 1. The zero-order chi connectivity index (χ0) is 19.6. The standard InChI is InChI=1S/C19H21N5O3/c1-4-23(12(2)3)14-7-5-13(6-8-14)20-19(25)18-16-11-15(24(26)27)9-10-17(16)21-22-18/h5-12H,4H2,1-3H3,(H,20,25)(H,21,22). The van der Waals surface area contributed by atoms with Crippen molar-refractivity contribution >= 4 is 33.9 Å². The van der Waals surface area contributed by atoms with E-state index in [1.807, 2.05) is 24.3 Å². The van der Waals surface area contributed by atoms with Crippen LogP contribution in [0.15, 0.2) is 42.5 Å². The molecule has 1 aromatic heterocycles. The van der Waals surface area contributed by atoms with E-state index < -0.39 is 10.8 Å². The van der Waals surface area contributed by atoms with Gasteiger partial charge in [0.1, 0.15) is 0 Å². The summed E-state index contributed by atoms with van der Waals surface area (Å²) < 4.78 is 0. The Morgan fingerprint density at radius 2 is 1.96 bits per heavy atom. The van der Waals surface area contributed by atoms with Crippen LogP contribution in [0, 0.1) is 10.1 Å². The molecule has 8 heteroatoms. The second-order valence-corrected chi connectivity index (χ2v) is 6.44. The summed E-state index contributed by atoms with van der Waals surface area (Å²) in [6, 6.07) is 12.2. The van der Waals surface area contributed by atoms with E-state index in [-0.39, 0.29) is 11.4 Å². The third-order valence-electron chi connectivity index (χ3n) is 4.39. The molecule has 0 unspecified atom stereocenters. The number of aromatic amines is 1. The summed E-state index contributed by atoms with van der Waals surface area (Å²) in [5, 5.41) is 20.9. The van der Waals surface area contributed by atoms with Crippen LogP contribution in [0.3, 0.4) is 0 Å². The number of nitro benzene ring substituents is 1. The zero-order valence-electron chi connectivity index (χ0n) is 15.4. The number of carbonyl (C=O) groups is 1. The lowest BCUT2D eigenvalue weighted by Gasteiger charge is -2.27. The van der Waals surface area contributed by atoms with Crippen LogP contribution in [0.2, 0.25) is 0 Å². The van der Waals surface area contributed by atoms with Crippen molar-refractivity contribution in [1.82, 2.24) is 10.2 Å². The highest BCUT2D eigenvalue weighted by Crippen LogP contribution is 2.24. The van der Waals surface area contributed by atoms with Gasteiger partial charge in [-0.05, 0) is 51.1 Å². The van der Waals surface area contributed by atoms with Crippen molar-refractivity contribution in [3.05, 3.63) is 58.3 Å². The Balaban J connectivity index is 1.82. The fraction of sp³-hybridized carbons (Fsp3) is 0.263. The third-order valence-corrected chi connectivity index (χ3v) is 4.39. The quantitative estimate of drug-likeness (QED) is 0.507. The Labute approximate surface area is 156 Å². The van der Waals surface area contributed by atoms with Crippen LogP contribution in [0.4, 0.5) is 17.1 Å². The highest BCUT2D eigenvalue weighted by atomic mass is 16.6. The topological polar surface area (TPSA) is 104 Å². The minimum absolute atomic E-state index is 0.0874. The van der Waals surface area contributed by atoms with Gasteiger partial charge in [-0.15, -0.1) is 0 Å². The van der Waals surface area contributed by atoms with Crippen molar-refractivity contribution in [2.75, 3.05) is 16.8 Å². The fourth-order valence-electron chi connectivity index (χ4n) is 3.06. The van der Waals surface area contributed by atoms with Crippen molar-refractivity contribution in [3.63, 3.8) is 0 Å². The minimum Gasteiger partial charge on any atom is -0.369 e. The summed E-state index contributed by atoms with van der Waals surface area (Å²) in [7, 11) is 0. The molecule has 0 fully saturated rings. The zero-order valence-corrected chi connectivity index (χ0v) is 15.4. The van der Waals surface area contributed by atoms with Gasteiger partial charge in [-0.25, -0.2) is 0 Å². The van der Waals surface area contributed by atoms with E-state index in [4.69, 9.17) is 0 Å². The predicted octanol–water partition coefficient (Wildman–Crippen LogP) is 3.96. The van der Waals surface area contributed by atoms with Crippen LogP contribution >= 0.6 is 0 Å². The fourth-order valence-corrected chi connectivity index (χ4v) is 3.06. The number of aromatic nitrogens is 2. The number of amides is 1. The number of hydrogen-bond donors (Lipinski definition) is 2. The number of carbonyl (C=O) groups excluding carboxylic acids is 1. The van der Waals surface area contributed by atoms with Crippen LogP contribution < -0.4 is 10.2 Å². The SMILES string of the molecule is CCN(c1ccc(NC(=O)c2n[nH]c3ccc([N+](=O)[O-])cc23)cc1)C(C)C. The number of nitro groups is 1. The Morgan fingerprint density at radius 3 is 2.56 bits per heavy atom. The Morgan fingerprint density at radius 1 is 1.26 bits per heavy atom. The van der Waals surface area contributed by atoms with E-state index in [0.717, 1.165) is 12.2 Å². The molecule has 2 N–H and O–H groups in total. The van der Waals surface area contributed by atoms with Gasteiger partial charge in [-0.3, -0.25) is 20.0 Å². The molecule has 3 rings (SSSR count). The smallest absolute Gasteiger partial charge is 0.276 e. The van der Waals surface area contributed by atoms with Crippen LogP contribution in [-0.2, 0) is 0 Å². The minimum atomic E-state index is -0.499. The summed E-state index contributed by atoms with van der Waals surface area (Å²) in [6.45, 7) is 7.24. The number of hydrogen-bond acceptors (Lipinski definition) is 5. The number of anilines is 2. The lowest BCUT2D eigenvalue weighted by Crippen LogP contribution is -2.30. The molecule has 140 valence electrons. The molecule has 0 atom stereocenters. The van der Waals surface area contributed by atoms with Crippen molar-refractivity contribution in [1.29, 1.82) is 0 Å². The van der Waals surface area contributed by atoms with Gasteiger partial charge in [-0.2, -0.15) is 5.10 Å². The van der Waals surface area contributed by atoms with Gasteiger partial charge in [0.25, 0.3) is 11.6 Å². The Hall–Kier alpha value is -3.42. The first-order valence-corrected chi connectivity index (χ1v) is 8.71. The monoisotopic (exact) mass is 367 g/mol. The summed E-state index contributed by atoms with van der Waals surface area (Å²) >= 11 is 0. The molecule has 1 heterocycles. The van der Waals surface area contributed by atoms with Gasteiger partial charge < -0.3 is 10.2 Å². The van der Waals surface area contributed by atoms with E-state index in [9.17, 15) is 14.9 Å². The molecular formula is C19H21N5O3. The first-order valence-electron chi connectivity index (χ1n) is 8.71. The number of rotatable bonds is 6. The van der Waals surface area contributed by atoms with Crippen LogP contribution in [0.1, 0.15) is 31.3 Å². The predicted molar refractivity (Wildman–Crippen MR) is 105 cm³/mol.